The van der Waals surface area contributed by atoms with E-state index in [1.807, 2.05) is 0 Å². The summed E-state index contributed by atoms with van der Waals surface area (Å²) in [6.07, 6.45) is -3.34. The van der Waals surface area contributed by atoms with Crippen LogP contribution in [-0.2, 0) is 17.3 Å². The Bertz CT molecular complexity index is 844. The van der Waals surface area contributed by atoms with Crippen molar-refractivity contribution in [1.82, 2.24) is 0 Å². The molecule has 1 aliphatic heterocycles. The van der Waals surface area contributed by atoms with Gasteiger partial charge >= 0.3 is 12.1 Å². The summed E-state index contributed by atoms with van der Waals surface area (Å²) >= 11 is 0. The van der Waals surface area contributed by atoms with Gasteiger partial charge in [0.15, 0.2) is 0 Å². The van der Waals surface area contributed by atoms with Crippen molar-refractivity contribution < 1.29 is 27.5 Å². The lowest BCUT2D eigenvalue weighted by atomic mass is 9.98. The molecule has 0 bridgehead atoms. The minimum Gasteiger partial charge on any atom is -0.465 e. The summed E-state index contributed by atoms with van der Waals surface area (Å²) in [5, 5.41) is 0. The van der Waals surface area contributed by atoms with E-state index in [-0.39, 0.29) is 5.91 Å². The number of hydrogen-bond donors (Lipinski definition) is 0. The number of fused-ring (bicyclic) bond motifs is 1. The highest BCUT2D eigenvalue weighted by molar-refractivity contribution is 6.07. The Morgan fingerprint density at radius 3 is 2.31 bits per heavy atom. The molecule has 1 aliphatic rings. The summed E-state index contributed by atoms with van der Waals surface area (Å²) in [5.41, 5.74) is 0.952. The first-order chi connectivity index (χ1) is 12.3. The molecule has 1 heterocycles. The maximum Gasteiger partial charge on any atom is 0.416 e. The first kappa shape index (κ1) is 18.0. The molecule has 0 saturated carbocycles. The van der Waals surface area contributed by atoms with Crippen LogP contribution in [0.2, 0.25) is 0 Å². The number of amides is 1. The van der Waals surface area contributed by atoms with Gasteiger partial charge in [-0.3, -0.25) is 4.79 Å². The number of anilines is 1. The quantitative estimate of drug-likeness (QED) is 0.755. The molecule has 1 amide bonds. The molecule has 0 N–H and O–H groups in total. The maximum absolute atomic E-state index is 12.9. The minimum absolute atomic E-state index is 0.317. The predicted molar refractivity (Wildman–Crippen MR) is 89.2 cm³/mol. The number of aryl methyl sites for hydroxylation is 1. The Labute approximate surface area is 148 Å². The van der Waals surface area contributed by atoms with Crippen molar-refractivity contribution >= 4 is 17.6 Å². The summed E-state index contributed by atoms with van der Waals surface area (Å²) in [4.78, 5) is 25.7. The molecule has 3 rings (SSSR count). The van der Waals surface area contributed by atoms with Gasteiger partial charge in [0.1, 0.15) is 0 Å². The van der Waals surface area contributed by atoms with Crippen molar-refractivity contribution in [3.05, 3.63) is 64.7 Å². The highest BCUT2D eigenvalue weighted by Crippen LogP contribution is 2.35. The third-order valence-electron chi connectivity index (χ3n) is 4.32. The van der Waals surface area contributed by atoms with Gasteiger partial charge in [0, 0.05) is 17.8 Å². The van der Waals surface area contributed by atoms with E-state index < -0.39 is 17.7 Å². The predicted octanol–water partition coefficient (Wildman–Crippen LogP) is 4.09. The summed E-state index contributed by atoms with van der Waals surface area (Å²) in [5.74, 6) is -0.825. The monoisotopic (exact) mass is 363 g/mol. The molecule has 0 fully saturated rings. The molecular weight excluding hydrogens is 347 g/mol. The van der Waals surface area contributed by atoms with Gasteiger partial charge in [0.2, 0.25) is 0 Å². The Balaban J connectivity index is 1.89. The Hall–Kier alpha value is -2.83. The van der Waals surface area contributed by atoms with Crippen LogP contribution in [0.4, 0.5) is 18.9 Å². The SMILES string of the molecule is COC(=O)c1ccc(C(=O)N2CCCc3cc(C(F)(F)F)ccc32)cc1. The number of esters is 1. The number of carbonyl (C=O) groups is 2. The first-order valence-electron chi connectivity index (χ1n) is 8.01. The van der Waals surface area contributed by atoms with Crippen molar-refractivity contribution in [2.45, 2.75) is 19.0 Å². The molecule has 0 spiro atoms. The van der Waals surface area contributed by atoms with E-state index in [4.69, 9.17) is 0 Å². The van der Waals surface area contributed by atoms with Gasteiger partial charge in [-0.2, -0.15) is 13.2 Å². The highest BCUT2D eigenvalue weighted by atomic mass is 19.4. The second-order valence-corrected chi connectivity index (χ2v) is 5.97. The average molecular weight is 363 g/mol. The van der Waals surface area contributed by atoms with Crippen LogP contribution in [0, 0.1) is 0 Å². The number of nitrogens with zero attached hydrogens (tertiary/aromatic N) is 1. The van der Waals surface area contributed by atoms with Crippen molar-refractivity contribution in [3.63, 3.8) is 0 Å². The Morgan fingerprint density at radius 1 is 1.04 bits per heavy atom. The Kier molecular flexibility index (Phi) is 4.71. The third kappa shape index (κ3) is 3.42. The van der Waals surface area contributed by atoms with Gasteiger partial charge in [-0.05, 0) is 60.9 Å². The third-order valence-corrected chi connectivity index (χ3v) is 4.32. The lowest BCUT2D eigenvalue weighted by molar-refractivity contribution is -0.137. The van der Waals surface area contributed by atoms with E-state index in [1.165, 1.54) is 42.3 Å². The molecule has 136 valence electrons. The summed E-state index contributed by atoms with van der Waals surface area (Å²) in [6, 6.07) is 9.42. The van der Waals surface area contributed by atoms with Crippen molar-refractivity contribution in [2.75, 3.05) is 18.6 Å². The number of benzene rings is 2. The van der Waals surface area contributed by atoms with Crippen LogP contribution in [0.5, 0.6) is 0 Å². The average Bonchev–Trinajstić information content (AvgIpc) is 2.65. The number of carbonyl (C=O) groups excluding carboxylic acids is 2. The maximum atomic E-state index is 12.9. The fourth-order valence-electron chi connectivity index (χ4n) is 3.01. The van der Waals surface area contributed by atoms with Crippen LogP contribution in [0.15, 0.2) is 42.5 Å². The number of rotatable bonds is 2. The summed E-state index contributed by atoms with van der Waals surface area (Å²) < 4.78 is 43.3. The number of hydrogen-bond acceptors (Lipinski definition) is 3. The molecular formula is C19H16F3NO3. The second kappa shape index (κ2) is 6.82. The normalized spacial score (nSPS) is 13.9. The van der Waals surface area contributed by atoms with Crippen LogP contribution in [-0.4, -0.2) is 25.5 Å². The number of alkyl halides is 3. The molecule has 2 aromatic carbocycles. The van der Waals surface area contributed by atoms with E-state index >= 15 is 0 Å². The summed E-state index contributed by atoms with van der Waals surface area (Å²) in [7, 11) is 1.27. The van der Waals surface area contributed by atoms with Crippen molar-refractivity contribution in [1.29, 1.82) is 0 Å². The van der Waals surface area contributed by atoms with Gasteiger partial charge in [0.25, 0.3) is 5.91 Å². The Morgan fingerprint density at radius 2 is 1.69 bits per heavy atom. The fraction of sp³-hybridized carbons (Fsp3) is 0.263. The molecule has 0 aromatic heterocycles. The number of ether oxygens (including phenoxy) is 1. The molecule has 0 saturated heterocycles. The summed E-state index contributed by atoms with van der Waals surface area (Å²) in [6.45, 7) is 0.427. The highest BCUT2D eigenvalue weighted by Gasteiger charge is 2.32. The zero-order valence-corrected chi connectivity index (χ0v) is 14.0. The molecule has 0 aliphatic carbocycles. The number of methoxy groups -OCH3 is 1. The van der Waals surface area contributed by atoms with Crippen molar-refractivity contribution in [2.24, 2.45) is 0 Å². The van der Waals surface area contributed by atoms with Gasteiger partial charge in [-0.15, -0.1) is 0 Å². The van der Waals surface area contributed by atoms with E-state index in [9.17, 15) is 22.8 Å². The van der Waals surface area contributed by atoms with Crippen LogP contribution < -0.4 is 4.90 Å². The molecule has 4 nitrogen and oxygen atoms in total. The van der Waals surface area contributed by atoms with E-state index in [2.05, 4.69) is 4.74 Å². The molecule has 26 heavy (non-hydrogen) atoms. The molecule has 0 radical (unpaired) electrons. The van der Waals surface area contributed by atoms with Crippen LogP contribution >= 0.6 is 0 Å². The zero-order valence-electron chi connectivity index (χ0n) is 14.0. The topological polar surface area (TPSA) is 46.6 Å². The molecule has 2 aromatic rings. The van der Waals surface area contributed by atoms with Crippen LogP contribution in [0.25, 0.3) is 0 Å². The lowest BCUT2D eigenvalue weighted by Gasteiger charge is -2.30. The van der Waals surface area contributed by atoms with Gasteiger partial charge in [-0.1, -0.05) is 0 Å². The van der Waals surface area contributed by atoms with Crippen LogP contribution in [0.3, 0.4) is 0 Å². The molecule has 0 unspecified atom stereocenters. The second-order valence-electron chi connectivity index (χ2n) is 5.97. The van der Waals surface area contributed by atoms with E-state index in [1.54, 1.807) is 0 Å². The zero-order chi connectivity index (χ0) is 18.9. The van der Waals surface area contributed by atoms with Crippen molar-refractivity contribution in [3.8, 4) is 0 Å². The van der Waals surface area contributed by atoms with Crippen LogP contribution in [0.1, 0.15) is 38.3 Å². The first-order valence-corrected chi connectivity index (χ1v) is 8.01. The smallest absolute Gasteiger partial charge is 0.416 e. The number of halogens is 3. The molecule has 0 atom stereocenters. The standard InChI is InChI=1S/C19H16F3NO3/c1-26-18(25)13-6-4-12(5-7-13)17(24)23-10-2-3-14-11-15(19(20,21)22)8-9-16(14)23/h4-9,11H,2-3,10H2,1H3. The van der Waals surface area contributed by atoms with Gasteiger partial charge in [0.05, 0.1) is 18.2 Å². The fourth-order valence-corrected chi connectivity index (χ4v) is 3.01. The van der Waals surface area contributed by atoms with Gasteiger partial charge in [-0.25, -0.2) is 4.79 Å². The van der Waals surface area contributed by atoms with E-state index in [0.717, 1.165) is 12.1 Å². The van der Waals surface area contributed by atoms with E-state index in [0.29, 0.717) is 41.8 Å². The van der Waals surface area contributed by atoms with Gasteiger partial charge < -0.3 is 9.64 Å². The largest absolute Gasteiger partial charge is 0.465 e. The molecule has 7 heteroatoms. The lowest BCUT2D eigenvalue weighted by Crippen LogP contribution is -2.35. The minimum atomic E-state index is -4.41.